The summed E-state index contributed by atoms with van der Waals surface area (Å²) in [4.78, 5) is 60.7. The third-order valence-electron chi connectivity index (χ3n) is 6.22. The number of aromatic nitrogens is 3. The number of carbonyl (C=O) groups excluding carboxylic acids is 1. The summed E-state index contributed by atoms with van der Waals surface area (Å²) in [6.07, 6.45) is 5.68. The Labute approximate surface area is 233 Å². The highest BCUT2D eigenvalue weighted by atomic mass is 16.4. The number of para-hydroxylation sites is 1. The molecule has 0 saturated heterocycles. The number of carboxylic acid groups (broad SMARTS) is 4. The average Bonchev–Trinajstić information content (AvgIpc) is 3.34. The van der Waals surface area contributed by atoms with Crippen LogP contribution in [0.15, 0.2) is 30.6 Å². The standard InChI is InChI=1S/C17H18N4O.C6H8O7.C3H7NO2/c18-17(22)15-14-16(12-8-4-5-9-13(12)20-15)21(10-19-14)11-6-2-1-3-7-11;7-3(8)1-6(13,5(11)12)2-4(9)10;1-4-2-3(5)6/h4-5,8-11H,1-3,6-7H2,(H2,18,22);13H,1-2H2,(H,7,8)(H,9,10)(H,11,12);4H,2H2,1H3,(H,5,6). The number of rotatable bonds is 9. The molecule has 8 N–H and O–H groups in total. The number of pyridine rings is 1. The number of carboxylic acids is 4. The van der Waals surface area contributed by atoms with Gasteiger partial charge in [0.25, 0.3) is 5.91 Å². The Morgan fingerprint density at radius 1 is 0.976 bits per heavy atom. The number of nitrogens with two attached hydrogens (primary N) is 1. The van der Waals surface area contributed by atoms with E-state index in [9.17, 15) is 24.0 Å². The molecule has 41 heavy (non-hydrogen) atoms. The van der Waals surface area contributed by atoms with Gasteiger partial charge in [0, 0.05) is 11.4 Å². The quantitative estimate of drug-likeness (QED) is 0.190. The SMILES string of the molecule is CNCC(=O)O.NC(=O)c1nc2ccccc2c2c1ncn2C1CCCCC1.O=C(O)CC(O)(CC(=O)O)C(=O)O. The van der Waals surface area contributed by atoms with E-state index in [0.717, 1.165) is 29.3 Å². The maximum absolute atomic E-state index is 11.8. The second-order valence-electron chi connectivity index (χ2n) is 9.38. The van der Waals surface area contributed by atoms with Gasteiger partial charge in [0.05, 0.1) is 36.7 Å². The molecule has 15 heteroatoms. The lowest BCUT2D eigenvalue weighted by Gasteiger charge is -2.24. The minimum absolute atomic E-state index is 0.0417. The first-order valence-corrected chi connectivity index (χ1v) is 12.6. The van der Waals surface area contributed by atoms with Crippen molar-refractivity contribution in [1.29, 1.82) is 0 Å². The van der Waals surface area contributed by atoms with Crippen molar-refractivity contribution in [3.8, 4) is 0 Å². The Bertz CT molecular complexity index is 1400. The van der Waals surface area contributed by atoms with Gasteiger partial charge in [-0.15, -0.1) is 0 Å². The van der Waals surface area contributed by atoms with Gasteiger partial charge in [0.1, 0.15) is 5.52 Å². The fraction of sp³-hybridized carbons (Fsp3) is 0.423. The molecule has 15 nitrogen and oxygen atoms in total. The first-order valence-electron chi connectivity index (χ1n) is 12.6. The molecular formula is C26H33N5O10. The number of hydrogen-bond acceptors (Lipinski definition) is 9. The summed E-state index contributed by atoms with van der Waals surface area (Å²) < 4.78 is 2.23. The minimum Gasteiger partial charge on any atom is -0.481 e. The zero-order valence-corrected chi connectivity index (χ0v) is 22.3. The number of hydrogen-bond donors (Lipinski definition) is 7. The van der Waals surface area contributed by atoms with Crippen molar-refractivity contribution >= 4 is 51.7 Å². The molecule has 0 radical (unpaired) electrons. The number of likely N-dealkylation sites (N-methyl/N-ethyl adjacent to an activating group) is 1. The van der Waals surface area contributed by atoms with Crippen LogP contribution >= 0.6 is 0 Å². The van der Waals surface area contributed by atoms with Crippen LogP contribution in [0, 0.1) is 0 Å². The van der Waals surface area contributed by atoms with Crippen molar-refractivity contribution in [1.82, 2.24) is 19.9 Å². The van der Waals surface area contributed by atoms with Crippen molar-refractivity contribution in [2.75, 3.05) is 13.6 Å². The van der Waals surface area contributed by atoms with E-state index in [-0.39, 0.29) is 12.2 Å². The van der Waals surface area contributed by atoms with Gasteiger partial charge >= 0.3 is 23.9 Å². The molecule has 2 heterocycles. The number of benzene rings is 1. The second-order valence-corrected chi connectivity index (χ2v) is 9.38. The monoisotopic (exact) mass is 575 g/mol. The van der Waals surface area contributed by atoms with E-state index in [1.54, 1.807) is 7.05 Å². The number of aliphatic hydroxyl groups is 1. The fourth-order valence-electron chi connectivity index (χ4n) is 4.42. The Morgan fingerprint density at radius 3 is 2.02 bits per heavy atom. The highest BCUT2D eigenvalue weighted by Crippen LogP contribution is 2.34. The Balaban J connectivity index is 0.000000264. The van der Waals surface area contributed by atoms with Gasteiger partial charge in [-0.25, -0.2) is 14.8 Å². The number of aliphatic carboxylic acids is 4. The average molecular weight is 576 g/mol. The first kappa shape index (κ1) is 32.6. The maximum Gasteiger partial charge on any atom is 0.336 e. The molecular weight excluding hydrogens is 542 g/mol. The van der Waals surface area contributed by atoms with Crippen LogP contribution in [0.25, 0.3) is 21.9 Å². The molecule has 1 amide bonds. The van der Waals surface area contributed by atoms with E-state index in [4.69, 9.17) is 31.3 Å². The molecule has 1 fully saturated rings. The molecule has 1 aliphatic carbocycles. The van der Waals surface area contributed by atoms with Gasteiger partial charge in [-0.05, 0) is 26.0 Å². The minimum atomic E-state index is -2.74. The Hall–Kier alpha value is -4.63. The number of nitrogens with one attached hydrogen (secondary N) is 1. The molecule has 3 aromatic rings. The summed E-state index contributed by atoms with van der Waals surface area (Å²) >= 11 is 0. The van der Waals surface area contributed by atoms with Crippen LogP contribution in [0.4, 0.5) is 0 Å². The number of carbonyl (C=O) groups is 5. The number of nitrogens with zero attached hydrogens (tertiary/aromatic N) is 3. The van der Waals surface area contributed by atoms with Crippen LogP contribution < -0.4 is 11.1 Å². The van der Waals surface area contributed by atoms with Gasteiger partial charge in [0.15, 0.2) is 11.3 Å². The normalized spacial score (nSPS) is 13.4. The highest BCUT2D eigenvalue weighted by molar-refractivity contribution is 6.11. The van der Waals surface area contributed by atoms with Crippen LogP contribution in [-0.2, 0) is 19.2 Å². The van der Waals surface area contributed by atoms with Gasteiger partial charge in [-0.3, -0.25) is 19.2 Å². The zero-order chi connectivity index (χ0) is 30.7. The van der Waals surface area contributed by atoms with E-state index in [1.807, 2.05) is 30.6 Å². The molecule has 0 spiro atoms. The molecule has 0 atom stereocenters. The molecule has 222 valence electrons. The summed E-state index contributed by atoms with van der Waals surface area (Å²) in [5, 5.41) is 45.2. The molecule has 1 aliphatic rings. The smallest absolute Gasteiger partial charge is 0.336 e. The van der Waals surface area contributed by atoms with Crippen molar-refractivity contribution in [3.05, 3.63) is 36.3 Å². The van der Waals surface area contributed by atoms with Crippen molar-refractivity contribution in [2.24, 2.45) is 5.73 Å². The predicted octanol–water partition coefficient (Wildman–Crippen LogP) is 1.23. The highest BCUT2D eigenvalue weighted by Gasteiger charge is 2.40. The lowest BCUT2D eigenvalue weighted by Crippen LogP contribution is -2.42. The van der Waals surface area contributed by atoms with Crippen LogP contribution in [0.1, 0.15) is 61.5 Å². The number of primary amides is 1. The van der Waals surface area contributed by atoms with E-state index >= 15 is 0 Å². The van der Waals surface area contributed by atoms with Crippen LogP contribution in [0.5, 0.6) is 0 Å². The van der Waals surface area contributed by atoms with Gasteiger partial charge < -0.3 is 41.2 Å². The van der Waals surface area contributed by atoms with Crippen molar-refractivity contribution in [3.63, 3.8) is 0 Å². The second kappa shape index (κ2) is 14.7. The summed E-state index contributed by atoms with van der Waals surface area (Å²) in [5.74, 6) is -6.36. The zero-order valence-electron chi connectivity index (χ0n) is 22.3. The maximum atomic E-state index is 11.8. The Kier molecular flexibility index (Phi) is 11.7. The van der Waals surface area contributed by atoms with Crippen molar-refractivity contribution < 1.29 is 49.5 Å². The summed E-state index contributed by atoms with van der Waals surface area (Å²) in [7, 11) is 1.59. The molecule has 1 aromatic carbocycles. The van der Waals surface area contributed by atoms with E-state index in [0.29, 0.717) is 11.6 Å². The van der Waals surface area contributed by atoms with Crippen LogP contribution in [0.2, 0.25) is 0 Å². The molecule has 2 aromatic heterocycles. The predicted molar refractivity (Wildman–Crippen MR) is 144 cm³/mol. The van der Waals surface area contributed by atoms with Gasteiger partial charge in [-0.1, -0.05) is 37.5 Å². The summed E-state index contributed by atoms with van der Waals surface area (Å²) in [5.41, 5.74) is 5.44. The number of fused-ring (bicyclic) bond motifs is 3. The topological polar surface area (TPSA) is 255 Å². The van der Waals surface area contributed by atoms with Gasteiger partial charge in [0.2, 0.25) is 0 Å². The molecule has 0 bridgehead atoms. The fourth-order valence-corrected chi connectivity index (χ4v) is 4.42. The first-order chi connectivity index (χ1) is 19.3. The number of imidazole rings is 1. The number of amides is 1. The lowest BCUT2D eigenvalue weighted by atomic mass is 9.95. The Morgan fingerprint density at radius 2 is 1.56 bits per heavy atom. The third-order valence-corrected chi connectivity index (χ3v) is 6.22. The lowest BCUT2D eigenvalue weighted by molar-refractivity contribution is -0.170. The van der Waals surface area contributed by atoms with Gasteiger partial charge in [-0.2, -0.15) is 0 Å². The summed E-state index contributed by atoms with van der Waals surface area (Å²) in [6.45, 7) is 0.0417. The van der Waals surface area contributed by atoms with Crippen molar-refractivity contribution in [2.45, 2.75) is 56.6 Å². The van der Waals surface area contributed by atoms with Crippen LogP contribution in [-0.4, -0.2) is 89.0 Å². The van der Waals surface area contributed by atoms with E-state index in [1.165, 1.54) is 19.3 Å². The summed E-state index contributed by atoms with van der Waals surface area (Å²) in [6, 6.07) is 8.32. The largest absolute Gasteiger partial charge is 0.481 e. The van der Waals surface area contributed by atoms with E-state index < -0.39 is 48.2 Å². The molecule has 1 saturated carbocycles. The molecule has 4 rings (SSSR count). The molecule has 0 unspecified atom stereocenters. The molecule has 0 aliphatic heterocycles. The van der Waals surface area contributed by atoms with E-state index in [2.05, 4.69) is 19.9 Å². The van der Waals surface area contributed by atoms with Crippen LogP contribution in [0.3, 0.4) is 0 Å². The third kappa shape index (κ3) is 8.94.